The molecule has 0 bridgehead atoms. The van der Waals surface area contributed by atoms with Gasteiger partial charge in [0.1, 0.15) is 0 Å². The maximum absolute atomic E-state index is 12.9. The second-order valence-electron chi connectivity index (χ2n) is 7.49. The van der Waals surface area contributed by atoms with Gasteiger partial charge in [0.15, 0.2) is 17.3 Å². The summed E-state index contributed by atoms with van der Waals surface area (Å²) in [6, 6.07) is 19.2. The summed E-state index contributed by atoms with van der Waals surface area (Å²) in [6.07, 6.45) is -3.87. The number of amides is 1. The molecule has 0 atom stereocenters. The van der Waals surface area contributed by atoms with Crippen LogP contribution in [0.3, 0.4) is 0 Å². The van der Waals surface area contributed by atoms with Crippen molar-refractivity contribution in [2.24, 2.45) is 0 Å². The highest BCUT2D eigenvalue weighted by Gasteiger charge is 2.30. The Morgan fingerprint density at radius 3 is 2.49 bits per heavy atom. The first-order chi connectivity index (χ1) is 16.8. The number of ether oxygens (including phenoxy) is 2. The largest absolute Gasteiger partial charge is 0.493 e. The summed E-state index contributed by atoms with van der Waals surface area (Å²) < 4.78 is 54.1. The second kappa shape index (κ2) is 10.6. The van der Waals surface area contributed by atoms with E-state index in [0.717, 1.165) is 29.2 Å². The van der Waals surface area contributed by atoms with E-state index in [0.29, 0.717) is 34.5 Å². The third-order valence-corrected chi connectivity index (χ3v) is 5.62. The molecule has 6 nitrogen and oxygen atoms in total. The van der Waals surface area contributed by atoms with Crippen molar-refractivity contribution in [3.8, 4) is 16.7 Å². The number of halogens is 3. The van der Waals surface area contributed by atoms with Crippen molar-refractivity contribution in [2.75, 3.05) is 7.11 Å². The van der Waals surface area contributed by atoms with Crippen molar-refractivity contribution in [3.63, 3.8) is 0 Å². The minimum absolute atomic E-state index is 0.0572. The lowest BCUT2D eigenvalue weighted by Crippen LogP contribution is -2.23. The molecule has 4 rings (SSSR count). The molecule has 0 radical (unpaired) electrons. The van der Waals surface area contributed by atoms with Crippen LogP contribution < -0.4 is 14.8 Å². The number of carbonyl (C=O) groups is 1. The number of rotatable bonds is 8. The van der Waals surface area contributed by atoms with Gasteiger partial charge in [0.2, 0.25) is 0 Å². The smallest absolute Gasteiger partial charge is 0.416 e. The predicted molar refractivity (Wildman–Crippen MR) is 125 cm³/mol. The first-order valence-corrected chi connectivity index (χ1v) is 11.3. The van der Waals surface area contributed by atoms with E-state index < -0.39 is 17.6 Å². The van der Waals surface area contributed by atoms with Gasteiger partial charge in [-0.3, -0.25) is 4.79 Å². The fraction of sp³-hybridized carbons (Fsp3) is 0.160. The monoisotopic (exact) mass is 499 g/mol. The Morgan fingerprint density at radius 1 is 0.971 bits per heavy atom. The van der Waals surface area contributed by atoms with Gasteiger partial charge in [-0.05, 0) is 41.5 Å². The number of hydrogen-bond acceptors (Lipinski definition) is 6. The van der Waals surface area contributed by atoms with Gasteiger partial charge in [-0.2, -0.15) is 22.5 Å². The summed E-state index contributed by atoms with van der Waals surface area (Å²) in [5, 5.41) is 2.95. The fourth-order valence-corrected chi connectivity index (χ4v) is 3.82. The molecule has 10 heteroatoms. The average Bonchev–Trinajstić information content (AvgIpc) is 3.29. The maximum Gasteiger partial charge on any atom is 0.416 e. The Kier molecular flexibility index (Phi) is 7.31. The summed E-state index contributed by atoms with van der Waals surface area (Å²) in [5.74, 6) is 0.815. The van der Waals surface area contributed by atoms with Crippen LogP contribution in [0.5, 0.6) is 16.7 Å². The lowest BCUT2D eigenvalue weighted by molar-refractivity contribution is -0.137. The first-order valence-electron chi connectivity index (χ1n) is 10.5. The molecule has 0 saturated heterocycles. The minimum Gasteiger partial charge on any atom is -0.493 e. The molecule has 3 aromatic carbocycles. The number of nitrogens with one attached hydrogen (secondary N) is 1. The summed E-state index contributed by atoms with van der Waals surface area (Å²) in [4.78, 5) is 17.0. The maximum atomic E-state index is 12.9. The Bertz CT molecular complexity index is 1310. The van der Waals surface area contributed by atoms with Gasteiger partial charge >= 0.3 is 6.18 Å². The molecule has 0 aliphatic rings. The third kappa shape index (κ3) is 6.36. The lowest BCUT2D eigenvalue weighted by Gasteiger charge is -2.11. The van der Waals surface area contributed by atoms with Crippen LogP contribution in [0, 0.1) is 0 Å². The minimum atomic E-state index is -4.45. The van der Waals surface area contributed by atoms with Crippen molar-refractivity contribution >= 4 is 17.4 Å². The Labute approximate surface area is 203 Å². The highest BCUT2D eigenvalue weighted by Crippen LogP contribution is 2.33. The molecule has 1 amide bonds. The number of benzene rings is 3. The molecule has 0 spiro atoms. The molecular formula is C25H20F3N3O3S. The zero-order valence-electron chi connectivity index (χ0n) is 18.5. The van der Waals surface area contributed by atoms with E-state index in [1.807, 2.05) is 30.3 Å². The zero-order valence-corrected chi connectivity index (χ0v) is 19.3. The average molecular weight is 500 g/mol. The molecule has 1 heterocycles. The molecule has 35 heavy (non-hydrogen) atoms. The highest BCUT2D eigenvalue weighted by molar-refractivity contribution is 7.07. The zero-order chi connectivity index (χ0) is 24.8. The number of alkyl halides is 3. The number of methoxy groups -OCH3 is 1. The van der Waals surface area contributed by atoms with E-state index in [9.17, 15) is 18.0 Å². The molecule has 0 aliphatic heterocycles. The van der Waals surface area contributed by atoms with Crippen LogP contribution in [0.15, 0.2) is 72.8 Å². The van der Waals surface area contributed by atoms with Gasteiger partial charge < -0.3 is 14.8 Å². The SMILES string of the molecule is COc1cc(C(=O)NCc2cccc(C(F)(F)F)c2)ccc1Oc1nc(Cc2ccccc2)ns1. The van der Waals surface area contributed by atoms with Crippen molar-refractivity contribution in [1.82, 2.24) is 14.7 Å². The highest BCUT2D eigenvalue weighted by atomic mass is 32.1. The summed E-state index contributed by atoms with van der Waals surface area (Å²) in [7, 11) is 1.44. The quantitative estimate of drug-likeness (QED) is 0.328. The van der Waals surface area contributed by atoms with E-state index in [4.69, 9.17) is 9.47 Å². The third-order valence-electron chi connectivity index (χ3n) is 4.98. The van der Waals surface area contributed by atoms with Gasteiger partial charge in [-0.1, -0.05) is 42.5 Å². The molecule has 0 fully saturated rings. The Hall–Kier alpha value is -3.92. The molecule has 180 valence electrons. The Balaban J connectivity index is 1.40. The molecule has 1 N–H and O–H groups in total. The van der Waals surface area contributed by atoms with Crippen molar-refractivity contribution in [1.29, 1.82) is 0 Å². The molecular weight excluding hydrogens is 479 g/mol. The van der Waals surface area contributed by atoms with Gasteiger partial charge in [0.25, 0.3) is 11.1 Å². The van der Waals surface area contributed by atoms with Gasteiger partial charge in [-0.25, -0.2) is 0 Å². The van der Waals surface area contributed by atoms with Crippen LogP contribution in [0.25, 0.3) is 0 Å². The van der Waals surface area contributed by atoms with Gasteiger partial charge in [0.05, 0.1) is 12.7 Å². The molecule has 0 unspecified atom stereocenters. The first kappa shape index (κ1) is 24.2. The fourth-order valence-electron chi connectivity index (χ4n) is 3.26. The van der Waals surface area contributed by atoms with Crippen LogP contribution >= 0.6 is 11.5 Å². The Morgan fingerprint density at radius 2 is 1.74 bits per heavy atom. The van der Waals surface area contributed by atoms with E-state index in [2.05, 4.69) is 14.7 Å². The van der Waals surface area contributed by atoms with Crippen LogP contribution in [-0.4, -0.2) is 22.4 Å². The van der Waals surface area contributed by atoms with Crippen molar-refractivity contribution in [3.05, 3.63) is 101 Å². The lowest BCUT2D eigenvalue weighted by atomic mass is 10.1. The van der Waals surface area contributed by atoms with Crippen LogP contribution in [0.1, 0.15) is 32.9 Å². The van der Waals surface area contributed by atoms with Crippen molar-refractivity contribution in [2.45, 2.75) is 19.1 Å². The summed E-state index contributed by atoms with van der Waals surface area (Å²) in [5.41, 5.74) is 0.914. The standard InChI is InChI=1S/C25H20F3N3O3S/c1-33-21-14-18(23(32)29-15-17-8-5-9-19(12-17)25(26,27)28)10-11-20(21)34-24-30-22(31-35-24)13-16-6-3-2-4-7-16/h2-12,14H,13,15H2,1H3,(H,29,32). The van der Waals surface area contributed by atoms with Gasteiger partial charge in [-0.15, -0.1) is 0 Å². The summed E-state index contributed by atoms with van der Waals surface area (Å²) in [6.45, 7) is -0.0572. The van der Waals surface area contributed by atoms with E-state index in [-0.39, 0.29) is 12.1 Å². The normalized spacial score (nSPS) is 11.2. The van der Waals surface area contributed by atoms with E-state index >= 15 is 0 Å². The van der Waals surface area contributed by atoms with Crippen LogP contribution in [-0.2, 0) is 19.1 Å². The van der Waals surface area contributed by atoms with Crippen molar-refractivity contribution < 1.29 is 27.4 Å². The molecule has 1 aromatic heterocycles. The number of hydrogen-bond donors (Lipinski definition) is 1. The van der Waals surface area contributed by atoms with E-state index in [1.165, 1.54) is 31.4 Å². The van der Waals surface area contributed by atoms with Crippen LogP contribution in [0.4, 0.5) is 13.2 Å². The molecule has 4 aromatic rings. The van der Waals surface area contributed by atoms with Crippen LogP contribution in [0.2, 0.25) is 0 Å². The second-order valence-corrected chi connectivity index (χ2v) is 8.20. The van der Waals surface area contributed by atoms with Gasteiger partial charge in [0, 0.05) is 30.1 Å². The molecule has 0 aliphatic carbocycles. The predicted octanol–water partition coefficient (Wildman–Crippen LogP) is 5.88. The summed E-state index contributed by atoms with van der Waals surface area (Å²) >= 11 is 1.10. The topological polar surface area (TPSA) is 73.3 Å². The number of carbonyl (C=O) groups excluding carboxylic acids is 1. The van der Waals surface area contributed by atoms with E-state index in [1.54, 1.807) is 6.07 Å². The number of nitrogens with zero attached hydrogens (tertiary/aromatic N) is 2. The molecule has 0 saturated carbocycles. The number of aromatic nitrogens is 2.